The van der Waals surface area contributed by atoms with Crippen LogP contribution >= 0.6 is 0 Å². The first kappa shape index (κ1) is 24.4. The van der Waals surface area contributed by atoms with E-state index in [2.05, 4.69) is 10.3 Å². The molecule has 1 aromatic carbocycles. The third kappa shape index (κ3) is 4.59. The number of carbonyl (C=O) groups is 2. The highest BCUT2D eigenvalue weighted by Gasteiger charge is 2.47. The lowest BCUT2D eigenvalue weighted by molar-refractivity contribution is -0.137. The molecule has 2 amide bonds. The largest absolute Gasteiger partial charge is 0.416 e. The van der Waals surface area contributed by atoms with Crippen molar-refractivity contribution in [2.24, 2.45) is 4.99 Å². The highest BCUT2D eigenvalue weighted by Crippen LogP contribution is 2.34. The third-order valence-corrected chi connectivity index (χ3v) is 7.88. The first-order chi connectivity index (χ1) is 15.9. The molecule has 3 heterocycles. The van der Waals surface area contributed by atoms with Crippen LogP contribution in [0.3, 0.4) is 0 Å². The van der Waals surface area contributed by atoms with Crippen molar-refractivity contribution < 1.29 is 36.3 Å². The number of alkyl halides is 3. The lowest BCUT2D eigenvalue weighted by Crippen LogP contribution is -2.50. The number of rotatable bonds is 5. The van der Waals surface area contributed by atoms with Gasteiger partial charge in [0.05, 0.1) is 23.6 Å². The molecule has 0 unspecified atom stereocenters. The third-order valence-electron chi connectivity index (χ3n) is 6.33. The second-order valence-corrected chi connectivity index (χ2v) is 10.2. The van der Waals surface area contributed by atoms with Gasteiger partial charge >= 0.3 is 6.18 Å². The monoisotopic (exact) mass is 500 g/mol. The van der Waals surface area contributed by atoms with Gasteiger partial charge in [-0.1, -0.05) is 12.1 Å². The number of amidine groups is 1. The van der Waals surface area contributed by atoms with E-state index < -0.39 is 39.3 Å². The Morgan fingerprint density at radius 1 is 1.24 bits per heavy atom. The van der Waals surface area contributed by atoms with Crippen LogP contribution in [0, 0.1) is 0 Å². The van der Waals surface area contributed by atoms with E-state index in [-0.39, 0.29) is 56.3 Å². The number of benzene rings is 1. The minimum Gasteiger partial charge on any atom is -0.394 e. The van der Waals surface area contributed by atoms with Crippen molar-refractivity contribution in [2.45, 2.75) is 43.4 Å². The Balaban J connectivity index is 1.47. The van der Waals surface area contributed by atoms with Crippen LogP contribution in [0.25, 0.3) is 0 Å². The highest BCUT2D eigenvalue weighted by molar-refractivity contribution is 7.92. The molecule has 0 aromatic heterocycles. The topological polar surface area (TPSA) is 119 Å². The minimum absolute atomic E-state index is 0.0231. The zero-order valence-corrected chi connectivity index (χ0v) is 18.8. The Kier molecular flexibility index (Phi) is 6.29. The van der Waals surface area contributed by atoms with Crippen molar-refractivity contribution in [2.75, 3.05) is 19.7 Å². The molecule has 13 heteroatoms. The molecule has 3 aliphatic rings. The van der Waals surface area contributed by atoms with Gasteiger partial charge in [-0.3, -0.25) is 14.6 Å². The number of halogens is 3. The predicted molar refractivity (Wildman–Crippen MR) is 115 cm³/mol. The lowest BCUT2D eigenvalue weighted by atomic mass is 9.89. The van der Waals surface area contributed by atoms with E-state index in [1.54, 1.807) is 0 Å². The molecule has 2 fully saturated rings. The van der Waals surface area contributed by atoms with E-state index in [1.165, 1.54) is 17.0 Å². The minimum atomic E-state index is -4.54. The Hall–Kier alpha value is -2.77. The number of aliphatic hydroxyl groups is 1. The summed E-state index contributed by atoms with van der Waals surface area (Å²) in [5, 5.41) is 12.8. The van der Waals surface area contributed by atoms with E-state index in [0.717, 1.165) is 28.0 Å². The fourth-order valence-electron chi connectivity index (χ4n) is 4.32. The number of hydrogen-bond acceptors (Lipinski definition) is 6. The second kappa shape index (κ2) is 8.78. The summed E-state index contributed by atoms with van der Waals surface area (Å²) in [7, 11) is -3.91. The van der Waals surface area contributed by atoms with Crippen LogP contribution in [0.2, 0.25) is 0 Å². The Labute approximate surface area is 194 Å². The maximum Gasteiger partial charge on any atom is 0.416 e. The summed E-state index contributed by atoms with van der Waals surface area (Å²) in [6.45, 7) is -0.336. The first-order valence-corrected chi connectivity index (χ1v) is 12.1. The molecule has 1 aromatic rings. The van der Waals surface area contributed by atoms with Gasteiger partial charge in [-0.25, -0.2) is 8.42 Å². The van der Waals surface area contributed by atoms with Gasteiger partial charge in [0.1, 0.15) is 11.4 Å². The standard InChI is InChI=1S/C21H23F3N4O5S/c22-21(23,24)15-3-1-2-14(12-15)18-25-19(31)20(26-18)6-8-27(9-7-20)34(32,33)11-10-28-16(13-29)4-5-17(28)30/h1-3,10-12,16,29H,4-9,13H2,(H,25,26,31)/b11-10+/t16-/m1/s1. The molecule has 1 spiro atoms. The SMILES string of the molecule is O=C1CC[C@H](CO)N1/C=C/S(=O)(=O)N1CCC2(CC1)N=C(c1cccc(C(F)(F)F)c1)NC2=O. The number of sulfonamides is 1. The van der Waals surface area contributed by atoms with Gasteiger partial charge in [0, 0.05) is 31.3 Å². The van der Waals surface area contributed by atoms with Crippen molar-refractivity contribution in [3.63, 3.8) is 0 Å². The van der Waals surface area contributed by atoms with Crippen LogP contribution in [0.15, 0.2) is 40.9 Å². The van der Waals surface area contributed by atoms with E-state index in [4.69, 9.17) is 0 Å². The molecule has 184 valence electrons. The average molecular weight is 500 g/mol. The molecule has 0 bridgehead atoms. The van der Waals surface area contributed by atoms with E-state index in [1.807, 2.05) is 0 Å². The number of aliphatic imine (C=N–C) groups is 1. The normalized spacial score (nSPS) is 23.7. The van der Waals surface area contributed by atoms with Crippen molar-refractivity contribution in [3.8, 4) is 0 Å². The summed E-state index contributed by atoms with van der Waals surface area (Å²) in [6, 6.07) is 4.01. The molecular formula is C21H23F3N4O5S. The van der Waals surface area contributed by atoms with Crippen molar-refractivity contribution in [1.82, 2.24) is 14.5 Å². The summed E-state index contributed by atoms with van der Waals surface area (Å²) in [4.78, 5) is 30.2. The average Bonchev–Trinajstić information content (AvgIpc) is 3.31. The maximum absolute atomic E-state index is 13.0. The van der Waals surface area contributed by atoms with Crippen LogP contribution in [0.5, 0.6) is 0 Å². The number of likely N-dealkylation sites (tertiary alicyclic amines) is 1. The molecule has 2 saturated heterocycles. The van der Waals surface area contributed by atoms with Crippen LogP contribution in [-0.2, 0) is 25.8 Å². The number of piperidine rings is 1. The maximum atomic E-state index is 13.0. The zero-order valence-electron chi connectivity index (χ0n) is 18.0. The smallest absolute Gasteiger partial charge is 0.394 e. The fraction of sp³-hybridized carbons (Fsp3) is 0.476. The van der Waals surface area contributed by atoms with Crippen LogP contribution in [-0.4, -0.2) is 71.7 Å². The molecule has 3 aliphatic heterocycles. The van der Waals surface area contributed by atoms with Gasteiger partial charge in [-0.15, -0.1) is 0 Å². The summed E-state index contributed by atoms with van der Waals surface area (Å²) in [6.07, 6.45) is -2.62. The number of nitrogens with zero attached hydrogens (tertiary/aromatic N) is 3. The molecule has 34 heavy (non-hydrogen) atoms. The number of carbonyl (C=O) groups excluding carboxylic acids is 2. The molecule has 0 aliphatic carbocycles. The number of amides is 2. The molecule has 0 saturated carbocycles. The Bertz CT molecular complexity index is 1160. The molecule has 2 N–H and O–H groups in total. The molecular weight excluding hydrogens is 477 g/mol. The number of nitrogens with one attached hydrogen (secondary N) is 1. The predicted octanol–water partition coefficient (Wildman–Crippen LogP) is 1.20. The van der Waals surface area contributed by atoms with Gasteiger partial charge in [-0.05, 0) is 31.4 Å². The van der Waals surface area contributed by atoms with Gasteiger partial charge < -0.3 is 15.3 Å². The van der Waals surface area contributed by atoms with Crippen molar-refractivity contribution >= 4 is 27.7 Å². The Morgan fingerprint density at radius 2 is 1.94 bits per heavy atom. The van der Waals surface area contributed by atoms with E-state index >= 15 is 0 Å². The number of hydrogen-bond donors (Lipinski definition) is 2. The second-order valence-electron chi connectivity index (χ2n) is 8.43. The van der Waals surface area contributed by atoms with Gasteiger partial charge in [0.25, 0.3) is 5.91 Å². The fourth-order valence-corrected chi connectivity index (χ4v) is 5.47. The molecule has 0 radical (unpaired) electrons. The first-order valence-electron chi connectivity index (χ1n) is 10.6. The molecule has 4 rings (SSSR count). The quantitative estimate of drug-likeness (QED) is 0.630. The lowest BCUT2D eigenvalue weighted by Gasteiger charge is -2.34. The number of aliphatic hydroxyl groups excluding tert-OH is 1. The molecule has 1 atom stereocenters. The molecule has 9 nitrogen and oxygen atoms in total. The summed E-state index contributed by atoms with van der Waals surface area (Å²) in [5.74, 6) is -0.738. The van der Waals surface area contributed by atoms with Crippen LogP contribution < -0.4 is 5.32 Å². The van der Waals surface area contributed by atoms with Gasteiger partial charge in [-0.2, -0.15) is 17.5 Å². The van der Waals surface area contributed by atoms with E-state index in [0.29, 0.717) is 6.42 Å². The van der Waals surface area contributed by atoms with Gasteiger partial charge in [0.2, 0.25) is 15.9 Å². The summed E-state index contributed by atoms with van der Waals surface area (Å²) >= 11 is 0. The summed E-state index contributed by atoms with van der Waals surface area (Å²) < 4.78 is 65.7. The summed E-state index contributed by atoms with van der Waals surface area (Å²) in [5.41, 5.74) is -2.01. The van der Waals surface area contributed by atoms with Crippen LogP contribution in [0.1, 0.15) is 36.8 Å². The van der Waals surface area contributed by atoms with Crippen molar-refractivity contribution in [3.05, 3.63) is 47.0 Å². The van der Waals surface area contributed by atoms with Crippen LogP contribution in [0.4, 0.5) is 13.2 Å². The van der Waals surface area contributed by atoms with Crippen molar-refractivity contribution in [1.29, 1.82) is 0 Å². The highest BCUT2D eigenvalue weighted by atomic mass is 32.2. The zero-order chi connectivity index (χ0) is 24.7. The van der Waals surface area contributed by atoms with Gasteiger partial charge in [0.15, 0.2) is 0 Å². The van der Waals surface area contributed by atoms with E-state index in [9.17, 15) is 36.3 Å². The Morgan fingerprint density at radius 3 is 2.59 bits per heavy atom.